The molecule has 0 aliphatic rings. The largest absolute Gasteiger partial charge is 0.469 e. The molecule has 0 N–H and O–H groups in total. The molecule has 0 heterocycles. The summed E-state index contributed by atoms with van der Waals surface area (Å²) in [5.41, 5.74) is 0. The zero-order chi connectivity index (χ0) is 8.53. The number of allylic oxidation sites excluding steroid dienone is 1. The highest BCUT2D eigenvalue weighted by Gasteiger charge is 1.97. The van der Waals surface area contributed by atoms with Gasteiger partial charge in [0.05, 0.1) is 26.7 Å². The van der Waals surface area contributed by atoms with Gasteiger partial charge in [-0.3, -0.25) is 4.79 Å². The summed E-state index contributed by atoms with van der Waals surface area (Å²) in [4.78, 5) is 10.5. The van der Waals surface area contributed by atoms with Crippen LogP contribution in [0.15, 0.2) is 12.2 Å². The molecule has 0 unspecified atom stereocenters. The van der Waals surface area contributed by atoms with Crippen molar-refractivity contribution in [3.05, 3.63) is 12.2 Å². The van der Waals surface area contributed by atoms with Gasteiger partial charge in [-0.25, -0.2) is 0 Å². The van der Waals surface area contributed by atoms with E-state index >= 15 is 0 Å². The Hall–Kier alpha value is -0.830. The highest BCUT2D eigenvalue weighted by molar-refractivity contribution is 5.69. The summed E-state index contributed by atoms with van der Waals surface area (Å²) in [5, 5.41) is 0. The number of carbonyl (C=O) groups is 1. The van der Waals surface area contributed by atoms with Gasteiger partial charge in [0, 0.05) is 0 Å². The van der Waals surface area contributed by atoms with Crippen molar-refractivity contribution < 1.29 is 14.3 Å². The molecule has 0 bridgehead atoms. The predicted molar refractivity (Wildman–Crippen MR) is 42.3 cm³/mol. The summed E-state index contributed by atoms with van der Waals surface area (Å²) in [6.45, 7) is 2.91. The van der Waals surface area contributed by atoms with Gasteiger partial charge in [0.25, 0.3) is 0 Å². The van der Waals surface area contributed by atoms with Crippen LogP contribution in [-0.4, -0.2) is 26.3 Å². The van der Waals surface area contributed by atoms with Crippen molar-refractivity contribution in [2.24, 2.45) is 0 Å². The lowest BCUT2D eigenvalue weighted by Gasteiger charge is -1.98. The first-order valence-electron chi connectivity index (χ1n) is 3.57. The quantitative estimate of drug-likeness (QED) is 0.342. The Labute approximate surface area is 67.0 Å². The first-order valence-corrected chi connectivity index (χ1v) is 3.57. The van der Waals surface area contributed by atoms with Gasteiger partial charge in [0.15, 0.2) is 0 Å². The third-order valence-corrected chi connectivity index (χ3v) is 1.13. The minimum absolute atomic E-state index is 0.231. The monoisotopic (exact) mass is 158 g/mol. The molecule has 0 rings (SSSR count). The van der Waals surface area contributed by atoms with Crippen LogP contribution in [0.5, 0.6) is 0 Å². The Balaban J connectivity index is 3.08. The van der Waals surface area contributed by atoms with E-state index in [1.165, 1.54) is 7.11 Å². The molecule has 0 aromatic heterocycles. The van der Waals surface area contributed by atoms with Crippen LogP contribution in [-0.2, 0) is 14.3 Å². The van der Waals surface area contributed by atoms with Crippen LogP contribution >= 0.6 is 0 Å². The minimum atomic E-state index is -0.231. The normalized spacial score (nSPS) is 10.4. The minimum Gasteiger partial charge on any atom is -0.469 e. The van der Waals surface area contributed by atoms with E-state index in [0.717, 1.165) is 0 Å². The first kappa shape index (κ1) is 10.2. The summed E-state index contributed by atoms with van der Waals surface area (Å²) >= 11 is 0. The Morgan fingerprint density at radius 2 is 2.27 bits per heavy atom. The van der Waals surface area contributed by atoms with Crippen LogP contribution < -0.4 is 0 Å². The van der Waals surface area contributed by atoms with Gasteiger partial charge >= 0.3 is 5.97 Å². The summed E-state index contributed by atoms with van der Waals surface area (Å²) < 4.78 is 9.48. The summed E-state index contributed by atoms with van der Waals surface area (Å²) in [7, 11) is 1.37. The smallest absolute Gasteiger partial charge is 0.307 e. The maximum absolute atomic E-state index is 10.5. The van der Waals surface area contributed by atoms with E-state index in [0.29, 0.717) is 19.6 Å². The third-order valence-electron chi connectivity index (χ3n) is 1.13. The zero-order valence-electron chi connectivity index (χ0n) is 7.00. The average Bonchev–Trinajstić information content (AvgIpc) is 2.04. The fourth-order valence-corrected chi connectivity index (χ4v) is 0.505. The number of esters is 1. The van der Waals surface area contributed by atoms with Crippen molar-refractivity contribution in [2.45, 2.75) is 13.3 Å². The molecule has 0 aliphatic heterocycles. The van der Waals surface area contributed by atoms with Gasteiger partial charge in [-0.2, -0.15) is 0 Å². The van der Waals surface area contributed by atoms with Crippen molar-refractivity contribution >= 4 is 5.97 Å². The number of hydrogen-bond donors (Lipinski definition) is 0. The molecule has 3 nitrogen and oxygen atoms in total. The van der Waals surface area contributed by atoms with Crippen LogP contribution in [0.1, 0.15) is 13.3 Å². The van der Waals surface area contributed by atoms with E-state index in [2.05, 4.69) is 4.74 Å². The molecule has 0 aromatic carbocycles. The molecule has 3 heteroatoms. The van der Waals surface area contributed by atoms with Crippen LogP contribution in [0.3, 0.4) is 0 Å². The van der Waals surface area contributed by atoms with Crippen molar-refractivity contribution in [2.75, 3.05) is 20.3 Å². The second-order valence-electron chi connectivity index (χ2n) is 1.97. The Morgan fingerprint density at radius 1 is 1.55 bits per heavy atom. The lowest BCUT2D eigenvalue weighted by molar-refractivity contribution is -0.141. The predicted octanol–water partition coefficient (Wildman–Crippen LogP) is 1.14. The molecule has 64 valence electrons. The summed E-state index contributed by atoms with van der Waals surface area (Å²) in [6, 6.07) is 0. The second kappa shape index (κ2) is 7.28. The fraction of sp³-hybridized carbons (Fsp3) is 0.625. The van der Waals surface area contributed by atoms with Crippen molar-refractivity contribution in [1.82, 2.24) is 0 Å². The molecule has 0 aromatic rings. The van der Waals surface area contributed by atoms with Crippen LogP contribution in [0, 0.1) is 0 Å². The van der Waals surface area contributed by atoms with Gasteiger partial charge in [-0.1, -0.05) is 12.2 Å². The number of methoxy groups -OCH3 is 1. The lowest BCUT2D eigenvalue weighted by Crippen LogP contribution is -2.05. The Bertz CT molecular complexity index is 129. The molecule has 0 saturated heterocycles. The Morgan fingerprint density at radius 3 is 2.82 bits per heavy atom. The van der Waals surface area contributed by atoms with Gasteiger partial charge < -0.3 is 9.47 Å². The van der Waals surface area contributed by atoms with Gasteiger partial charge in [0.1, 0.15) is 0 Å². The average molecular weight is 158 g/mol. The van der Waals surface area contributed by atoms with E-state index in [4.69, 9.17) is 4.74 Å². The molecule has 0 fully saturated rings. The third kappa shape index (κ3) is 7.06. The van der Waals surface area contributed by atoms with Crippen molar-refractivity contribution in [1.29, 1.82) is 0 Å². The molecule has 0 spiro atoms. The van der Waals surface area contributed by atoms with Gasteiger partial charge in [-0.15, -0.1) is 0 Å². The SMILES string of the molecule is CC=CCOCCC(=O)OC. The number of carbonyl (C=O) groups excluding carboxylic acids is 1. The molecule has 0 radical (unpaired) electrons. The molecule has 11 heavy (non-hydrogen) atoms. The highest BCUT2D eigenvalue weighted by atomic mass is 16.5. The first-order chi connectivity index (χ1) is 5.31. The topological polar surface area (TPSA) is 35.5 Å². The molecule has 0 atom stereocenters. The molecular formula is C8H14O3. The highest BCUT2D eigenvalue weighted by Crippen LogP contribution is 1.86. The van der Waals surface area contributed by atoms with E-state index in [-0.39, 0.29) is 5.97 Å². The van der Waals surface area contributed by atoms with Gasteiger partial charge in [-0.05, 0) is 6.92 Å². The maximum Gasteiger partial charge on any atom is 0.307 e. The fourth-order valence-electron chi connectivity index (χ4n) is 0.505. The number of rotatable bonds is 5. The second-order valence-corrected chi connectivity index (χ2v) is 1.97. The van der Waals surface area contributed by atoms with Crippen LogP contribution in [0.2, 0.25) is 0 Å². The van der Waals surface area contributed by atoms with E-state index in [1.807, 2.05) is 19.1 Å². The molecule has 0 amide bonds. The summed E-state index contributed by atoms with van der Waals surface area (Å²) in [5.74, 6) is -0.231. The molecule has 0 saturated carbocycles. The standard InChI is InChI=1S/C8H14O3/c1-3-4-6-11-7-5-8(9)10-2/h3-4H,5-7H2,1-2H3. The number of ether oxygens (including phenoxy) is 2. The van der Waals surface area contributed by atoms with Crippen LogP contribution in [0.4, 0.5) is 0 Å². The van der Waals surface area contributed by atoms with Crippen molar-refractivity contribution in [3.63, 3.8) is 0 Å². The summed E-state index contributed by atoms with van der Waals surface area (Å²) in [6.07, 6.45) is 4.11. The Kier molecular flexibility index (Phi) is 6.73. The molecular weight excluding hydrogens is 144 g/mol. The van der Waals surface area contributed by atoms with Gasteiger partial charge in [0.2, 0.25) is 0 Å². The van der Waals surface area contributed by atoms with E-state index < -0.39 is 0 Å². The number of hydrogen-bond acceptors (Lipinski definition) is 3. The zero-order valence-corrected chi connectivity index (χ0v) is 7.00. The maximum atomic E-state index is 10.5. The van der Waals surface area contributed by atoms with Crippen molar-refractivity contribution in [3.8, 4) is 0 Å². The molecule has 0 aliphatic carbocycles. The lowest BCUT2D eigenvalue weighted by atomic mass is 10.5. The van der Waals surface area contributed by atoms with E-state index in [1.54, 1.807) is 0 Å². The van der Waals surface area contributed by atoms with Crippen LogP contribution in [0.25, 0.3) is 0 Å². The van der Waals surface area contributed by atoms with E-state index in [9.17, 15) is 4.79 Å².